The average Bonchev–Trinajstić information content (AvgIpc) is 2.72. The van der Waals surface area contributed by atoms with E-state index in [1.165, 1.54) is 11.6 Å². The van der Waals surface area contributed by atoms with Crippen molar-refractivity contribution in [3.05, 3.63) is 93.8 Å². The molecule has 3 nitrogen and oxygen atoms in total. The largest absolute Gasteiger partial charge is 0.493 e. The van der Waals surface area contributed by atoms with Gasteiger partial charge in [-0.2, -0.15) is 0 Å². The van der Waals surface area contributed by atoms with E-state index in [1.54, 1.807) is 25.3 Å². The number of thiocarbonyl (C=S) groups is 1. The van der Waals surface area contributed by atoms with E-state index in [0.29, 0.717) is 33.6 Å². The minimum absolute atomic E-state index is 0.0424. The maximum Gasteiger partial charge on any atom is 0.171 e. The van der Waals surface area contributed by atoms with Crippen molar-refractivity contribution in [2.45, 2.75) is 20.1 Å². The van der Waals surface area contributed by atoms with Gasteiger partial charge >= 0.3 is 0 Å². The van der Waals surface area contributed by atoms with Crippen molar-refractivity contribution in [3.63, 3.8) is 0 Å². The minimum atomic E-state index is -0.422. The van der Waals surface area contributed by atoms with Crippen molar-refractivity contribution >= 4 is 28.8 Å². The molecule has 0 aliphatic rings. The van der Waals surface area contributed by atoms with Gasteiger partial charge in [0.25, 0.3) is 0 Å². The SMILES string of the molecule is COc1cccc(C(=S)NCc2ccccc2C)c1OCc1c(F)cccc1Cl. The molecule has 3 rings (SSSR count). The zero-order valence-corrected chi connectivity index (χ0v) is 17.7. The van der Waals surface area contributed by atoms with Crippen LogP contribution in [-0.4, -0.2) is 12.1 Å². The zero-order valence-electron chi connectivity index (χ0n) is 16.2. The number of hydrogen-bond donors (Lipinski definition) is 1. The molecule has 3 aromatic rings. The van der Waals surface area contributed by atoms with Crippen LogP contribution in [0.2, 0.25) is 5.02 Å². The van der Waals surface area contributed by atoms with Gasteiger partial charge in [0.05, 0.1) is 17.7 Å². The van der Waals surface area contributed by atoms with Crippen LogP contribution in [-0.2, 0) is 13.2 Å². The van der Waals surface area contributed by atoms with Gasteiger partial charge in [-0.25, -0.2) is 4.39 Å². The van der Waals surface area contributed by atoms with Crippen LogP contribution in [0.5, 0.6) is 11.5 Å². The maximum atomic E-state index is 14.1. The predicted molar refractivity (Wildman–Crippen MR) is 118 cm³/mol. The van der Waals surface area contributed by atoms with Crippen LogP contribution in [0, 0.1) is 12.7 Å². The topological polar surface area (TPSA) is 30.5 Å². The molecule has 0 aromatic heterocycles. The molecule has 0 atom stereocenters. The van der Waals surface area contributed by atoms with Crippen LogP contribution in [0.25, 0.3) is 0 Å². The summed E-state index contributed by atoms with van der Waals surface area (Å²) in [6.07, 6.45) is 0. The van der Waals surface area contributed by atoms with Gasteiger partial charge in [0.15, 0.2) is 11.5 Å². The first kappa shape index (κ1) is 21.1. The Bertz CT molecular complexity index is 1010. The average molecular weight is 430 g/mol. The molecule has 0 fully saturated rings. The molecule has 0 saturated heterocycles. The first-order valence-corrected chi connectivity index (χ1v) is 9.85. The van der Waals surface area contributed by atoms with E-state index < -0.39 is 5.82 Å². The number of methoxy groups -OCH3 is 1. The number of nitrogens with one attached hydrogen (secondary N) is 1. The predicted octanol–water partition coefficient (Wildman–Crippen LogP) is 5.84. The van der Waals surface area contributed by atoms with Crippen molar-refractivity contribution in [2.24, 2.45) is 0 Å². The van der Waals surface area contributed by atoms with Crippen molar-refractivity contribution in [1.82, 2.24) is 5.32 Å². The summed E-state index contributed by atoms with van der Waals surface area (Å²) in [5.41, 5.74) is 3.28. The van der Waals surface area contributed by atoms with Crippen LogP contribution in [0.15, 0.2) is 60.7 Å². The molecular formula is C23H21ClFNO2S. The molecule has 0 bridgehead atoms. The lowest BCUT2D eigenvalue weighted by molar-refractivity contribution is 0.279. The van der Waals surface area contributed by atoms with Gasteiger partial charge < -0.3 is 14.8 Å². The lowest BCUT2D eigenvalue weighted by Gasteiger charge is -2.17. The molecule has 0 spiro atoms. The summed E-state index contributed by atoms with van der Waals surface area (Å²) >= 11 is 11.7. The second kappa shape index (κ2) is 9.72. The summed E-state index contributed by atoms with van der Waals surface area (Å²) in [5.74, 6) is 0.529. The number of ether oxygens (including phenoxy) is 2. The van der Waals surface area contributed by atoms with Crippen molar-refractivity contribution in [1.29, 1.82) is 0 Å². The first-order valence-electron chi connectivity index (χ1n) is 9.06. The second-order valence-electron chi connectivity index (χ2n) is 6.44. The number of halogens is 2. The van der Waals surface area contributed by atoms with E-state index >= 15 is 0 Å². The summed E-state index contributed by atoms with van der Waals surface area (Å²) < 4.78 is 25.5. The summed E-state index contributed by atoms with van der Waals surface area (Å²) in [5, 5.41) is 3.57. The lowest BCUT2D eigenvalue weighted by Crippen LogP contribution is -2.23. The smallest absolute Gasteiger partial charge is 0.171 e. The van der Waals surface area contributed by atoms with Crippen LogP contribution in [0.4, 0.5) is 4.39 Å². The molecule has 0 radical (unpaired) electrons. The number of rotatable bonds is 7. The normalized spacial score (nSPS) is 10.5. The second-order valence-corrected chi connectivity index (χ2v) is 7.25. The standard InChI is InChI=1S/C23H21ClFNO2S/c1-15-7-3-4-8-16(15)13-26-23(29)17-9-5-12-21(27-2)22(17)28-14-18-19(24)10-6-11-20(18)25/h3-12H,13-14H2,1-2H3,(H,26,29). The van der Waals surface area contributed by atoms with Gasteiger partial charge in [0.1, 0.15) is 17.4 Å². The molecule has 1 N–H and O–H groups in total. The highest BCUT2D eigenvalue weighted by Crippen LogP contribution is 2.33. The monoisotopic (exact) mass is 429 g/mol. The third-order valence-electron chi connectivity index (χ3n) is 4.57. The summed E-state index contributed by atoms with van der Waals surface area (Å²) in [6.45, 7) is 2.60. The fraction of sp³-hybridized carbons (Fsp3) is 0.174. The van der Waals surface area contributed by atoms with Gasteiger partial charge in [0.2, 0.25) is 0 Å². The molecule has 6 heteroatoms. The van der Waals surface area contributed by atoms with E-state index in [-0.39, 0.29) is 12.2 Å². The molecule has 0 heterocycles. The van der Waals surface area contributed by atoms with Gasteiger partial charge in [-0.15, -0.1) is 0 Å². The van der Waals surface area contributed by atoms with Gasteiger partial charge in [0, 0.05) is 12.1 Å². The quantitative estimate of drug-likeness (QED) is 0.478. The van der Waals surface area contributed by atoms with Crippen LogP contribution in [0.3, 0.4) is 0 Å². The number of aryl methyl sites for hydroxylation is 1. The Kier molecular flexibility index (Phi) is 7.07. The molecular weight excluding hydrogens is 409 g/mol. The Hall–Kier alpha value is -2.63. The van der Waals surface area contributed by atoms with Gasteiger partial charge in [-0.1, -0.05) is 60.2 Å². The Morgan fingerprint density at radius 2 is 1.83 bits per heavy atom. The Morgan fingerprint density at radius 1 is 1.07 bits per heavy atom. The van der Waals surface area contributed by atoms with E-state index in [0.717, 1.165) is 5.56 Å². The van der Waals surface area contributed by atoms with E-state index in [9.17, 15) is 4.39 Å². The van der Waals surface area contributed by atoms with Crippen molar-refractivity contribution in [2.75, 3.05) is 7.11 Å². The highest BCUT2D eigenvalue weighted by Gasteiger charge is 2.16. The Balaban J connectivity index is 1.82. The molecule has 0 amide bonds. The highest BCUT2D eigenvalue weighted by molar-refractivity contribution is 7.80. The van der Waals surface area contributed by atoms with Gasteiger partial charge in [-0.3, -0.25) is 0 Å². The molecule has 3 aromatic carbocycles. The summed E-state index contributed by atoms with van der Waals surface area (Å²) in [7, 11) is 1.55. The van der Waals surface area contributed by atoms with Crippen LogP contribution < -0.4 is 14.8 Å². The van der Waals surface area contributed by atoms with Gasteiger partial charge in [-0.05, 0) is 42.3 Å². The summed E-state index contributed by atoms with van der Waals surface area (Å²) in [4.78, 5) is 0.516. The highest BCUT2D eigenvalue weighted by atomic mass is 35.5. The third-order valence-corrected chi connectivity index (χ3v) is 5.28. The Morgan fingerprint density at radius 3 is 2.55 bits per heavy atom. The minimum Gasteiger partial charge on any atom is -0.493 e. The molecule has 150 valence electrons. The number of para-hydroxylation sites is 1. The molecule has 0 saturated carbocycles. The first-order chi connectivity index (χ1) is 14.0. The maximum absolute atomic E-state index is 14.1. The van der Waals surface area contributed by atoms with E-state index in [1.807, 2.05) is 30.3 Å². The van der Waals surface area contributed by atoms with Crippen molar-refractivity contribution in [3.8, 4) is 11.5 Å². The van der Waals surface area contributed by atoms with Crippen LogP contribution in [0.1, 0.15) is 22.3 Å². The van der Waals surface area contributed by atoms with Crippen molar-refractivity contribution < 1.29 is 13.9 Å². The Labute approximate surface area is 180 Å². The number of benzene rings is 3. The summed E-state index contributed by atoms with van der Waals surface area (Å²) in [6, 6.07) is 18.1. The number of hydrogen-bond acceptors (Lipinski definition) is 3. The molecule has 29 heavy (non-hydrogen) atoms. The molecule has 0 aliphatic heterocycles. The van der Waals surface area contributed by atoms with E-state index in [4.69, 9.17) is 33.3 Å². The fourth-order valence-electron chi connectivity index (χ4n) is 2.90. The van der Waals surface area contributed by atoms with E-state index in [2.05, 4.69) is 18.3 Å². The third kappa shape index (κ3) is 5.05. The molecule has 0 aliphatic carbocycles. The molecule has 0 unspecified atom stereocenters. The lowest BCUT2D eigenvalue weighted by atomic mass is 10.1. The van der Waals surface area contributed by atoms with Crippen LogP contribution >= 0.6 is 23.8 Å². The zero-order chi connectivity index (χ0) is 20.8. The fourth-order valence-corrected chi connectivity index (χ4v) is 3.35.